The molecule has 3 N–H and O–H groups in total. The van der Waals surface area contributed by atoms with Gasteiger partial charge in [-0.1, -0.05) is 13.8 Å². The van der Waals surface area contributed by atoms with Crippen LogP contribution in [0, 0.1) is 5.41 Å². The molecule has 1 atom stereocenters. The fraction of sp³-hybridized carbons (Fsp3) is 0.600. The van der Waals surface area contributed by atoms with E-state index < -0.39 is 5.41 Å². The van der Waals surface area contributed by atoms with Gasteiger partial charge in [-0.05, 0) is 43.9 Å². The van der Waals surface area contributed by atoms with Crippen molar-refractivity contribution in [2.75, 3.05) is 6.54 Å². The second kappa shape index (κ2) is 7.24. The van der Waals surface area contributed by atoms with Gasteiger partial charge in [0.25, 0.3) is 0 Å². The van der Waals surface area contributed by atoms with Gasteiger partial charge < -0.3 is 11.1 Å². The lowest BCUT2D eigenvalue weighted by molar-refractivity contribution is -0.131. The zero-order valence-electron chi connectivity index (χ0n) is 12.1. The largest absolute Gasteiger partial charge is 0.353 e. The van der Waals surface area contributed by atoms with Gasteiger partial charge in [0.2, 0.25) is 5.91 Å². The minimum absolute atomic E-state index is 0.0709. The van der Waals surface area contributed by atoms with Gasteiger partial charge in [-0.3, -0.25) is 9.78 Å². The van der Waals surface area contributed by atoms with Crippen LogP contribution in [0.15, 0.2) is 24.5 Å². The number of hydrogen-bond acceptors (Lipinski definition) is 3. The summed E-state index contributed by atoms with van der Waals surface area (Å²) in [6.07, 6.45) is 5.89. The predicted molar refractivity (Wildman–Crippen MR) is 77.6 cm³/mol. The minimum atomic E-state index is -0.424. The summed E-state index contributed by atoms with van der Waals surface area (Å²) in [7, 11) is 0. The Kier molecular flexibility index (Phi) is 5.96. The van der Waals surface area contributed by atoms with E-state index in [2.05, 4.69) is 10.3 Å². The Hall–Kier alpha value is -1.42. The first kappa shape index (κ1) is 15.6. The van der Waals surface area contributed by atoms with Crippen LogP contribution < -0.4 is 11.1 Å². The molecule has 0 aliphatic rings. The van der Waals surface area contributed by atoms with Crippen molar-refractivity contribution in [1.29, 1.82) is 0 Å². The van der Waals surface area contributed by atoms with Crippen LogP contribution in [-0.2, 0) is 11.2 Å². The molecule has 1 aromatic heterocycles. The first-order valence-electron chi connectivity index (χ1n) is 6.98. The lowest BCUT2D eigenvalue weighted by Gasteiger charge is -2.30. The second-order valence-corrected chi connectivity index (χ2v) is 5.13. The van der Waals surface area contributed by atoms with Gasteiger partial charge in [-0.2, -0.15) is 0 Å². The molecule has 0 bridgehead atoms. The maximum Gasteiger partial charge on any atom is 0.227 e. The molecule has 106 valence electrons. The number of rotatable bonds is 7. The Bertz CT molecular complexity index is 379. The number of carbonyl (C=O) groups excluding carboxylic acids is 1. The van der Waals surface area contributed by atoms with Gasteiger partial charge in [0.15, 0.2) is 0 Å². The monoisotopic (exact) mass is 263 g/mol. The highest BCUT2D eigenvalue weighted by molar-refractivity contribution is 5.83. The van der Waals surface area contributed by atoms with Crippen molar-refractivity contribution in [3.8, 4) is 0 Å². The number of hydrogen-bond donors (Lipinski definition) is 2. The van der Waals surface area contributed by atoms with Gasteiger partial charge in [-0.25, -0.2) is 0 Å². The molecule has 0 aliphatic heterocycles. The molecule has 0 radical (unpaired) electrons. The molecule has 0 fully saturated rings. The normalized spacial score (nSPS) is 13.1. The van der Waals surface area contributed by atoms with Crippen molar-refractivity contribution in [1.82, 2.24) is 10.3 Å². The predicted octanol–water partition coefficient (Wildman–Crippen LogP) is 1.89. The van der Waals surface area contributed by atoms with Crippen LogP contribution >= 0.6 is 0 Å². The standard InChI is InChI=1S/C15H25N3O/c1-4-15(5-2,11-16)14(19)18-12(3)10-13-6-8-17-9-7-13/h6-9,12H,4-5,10-11,16H2,1-3H3,(H,18,19). The summed E-state index contributed by atoms with van der Waals surface area (Å²) < 4.78 is 0. The van der Waals surface area contributed by atoms with E-state index in [-0.39, 0.29) is 11.9 Å². The molecule has 0 saturated heterocycles. The molecule has 0 saturated carbocycles. The quantitative estimate of drug-likeness (QED) is 0.789. The Labute approximate surface area is 115 Å². The first-order valence-corrected chi connectivity index (χ1v) is 6.98. The van der Waals surface area contributed by atoms with E-state index in [4.69, 9.17) is 5.73 Å². The summed E-state index contributed by atoms with van der Waals surface area (Å²) >= 11 is 0. The molecule has 1 amide bonds. The zero-order valence-corrected chi connectivity index (χ0v) is 12.1. The van der Waals surface area contributed by atoms with Crippen molar-refractivity contribution in [2.24, 2.45) is 11.1 Å². The summed E-state index contributed by atoms with van der Waals surface area (Å²) in [6, 6.07) is 4.04. The number of amides is 1. The van der Waals surface area contributed by atoms with Crippen LogP contribution in [0.4, 0.5) is 0 Å². The van der Waals surface area contributed by atoms with E-state index >= 15 is 0 Å². The van der Waals surface area contributed by atoms with Gasteiger partial charge in [0, 0.05) is 25.0 Å². The Morgan fingerprint density at radius 1 is 1.37 bits per heavy atom. The highest BCUT2D eigenvalue weighted by Gasteiger charge is 2.33. The van der Waals surface area contributed by atoms with Crippen LogP contribution in [0.3, 0.4) is 0 Å². The van der Waals surface area contributed by atoms with Crippen LogP contribution in [0.5, 0.6) is 0 Å². The highest BCUT2D eigenvalue weighted by Crippen LogP contribution is 2.25. The average Bonchev–Trinajstić information content (AvgIpc) is 2.42. The van der Waals surface area contributed by atoms with Crippen LogP contribution in [0.1, 0.15) is 39.2 Å². The topological polar surface area (TPSA) is 68.0 Å². The van der Waals surface area contributed by atoms with E-state index in [1.54, 1.807) is 12.4 Å². The van der Waals surface area contributed by atoms with E-state index in [1.165, 1.54) is 5.56 Å². The Balaban J connectivity index is 2.61. The molecule has 0 aromatic carbocycles. The minimum Gasteiger partial charge on any atom is -0.353 e. The lowest BCUT2D eigenvalue weighted by Crippen LogP contribution is -2.48. The van der Waals surface area contributed by atoms with Crippen molar-refractivity contribution >= 4 is 5.91 Å². The molecule has 1 aromatic rings. The van der Waals surface area contributed by atoms with E-state index in [0.29, 0.717) is 6.54 Å². The number of nitrogens with one attached hydrogen (secondary N) is 1. The summed E-state index contributed by atoms with van der Waals surface area (Å²) in [6.45, 7) is 6.45. The third-order valence-corrected chi connectivity index (χ3v) is 3.89. The number of nitrogens with two attached hydrogens (primary N) is 1. The van der Waals surface area contributed by atoms with Crippen molar-refractivity contribution < 1.29 is 4.79 Å². The molecule has 4 nitrogen and oxygen atoms in total. The summed E-state index contributed by atoms with van der Waals surface area (Å²) in [5.41, 5.74) is 6.54. The molecular formula is C15H25N3O. The number of pyridine rings is 1. The third-order valence-electron chi connectivity index (χ3n) is 3.89. The van der Waals surface area contributed by atoms with Crippen molar-refractivity contribution in [3.05, 3.63) is 30.1 Å². The molecule has 19 heavy (non-hydrogen) atoms. The number of nitrogens with zero attached hydrogens (tertiary/aromatic N) is 1. The van der Waals surface area contributed by atoms with Crippen LogP contribution in [0.2, 0.25) is 0 Å². The molecule has 4 heteroatoms. The molecular weight excluding hydrogens is 238 g/mol. The van der Waals surface area contributed by atoms with Gasteiger partial charge in [0.1, 0.15) is 0 Å². The van der Waals surface area contributed by atoms with E-state index in [1.807, 2.05) is 32.9 Å². The zero-order chi connectivity index (χ0) is 14.3. The van der Waals surface area contributed by atoms with Crippen molar-refractivity contribution in [2.45, 2.75) is 46.1 Å². The maximum atomic E-state index is 12.4. The summed E-state index contributed by atoms with van der Waals surface area (Å²) in [4.78, 5) is 16.3. The van der Waals surface area contributed by atoms with Gasteiger partial charge in [0.05, 0.1) is 5.41 Å². The molecule has 1 unspecified atom stereocenters. The van der Waals surface area contributed by atoms with Crippen LogP contribution in [-0.4, -0.2) is 23.5 Å². The van der Waals surface area contributed by atoms with Crippen molar-refractivity contribution in [3.63, 3.8) is 0 Å². The SMILES string of the molecule is CCC(CC)(CN)C(=O)NC(C)Cc1ccncc1. The Morgan fingerprint density at radius 2 is 1.95 bits per heavy atom. The van der Waals surface area contributed by atoms with E-state index in [9.17, 15) is 4.79 Å². The fourth-order valence-corrected chi connectivity index (χ4v) is 2.25. The van der Waals surface area contributed by atoms with Crippen LogP contribution in [0.25, 0.3) is 0 Å². The van der Waals surface area contributed by atoms with E-state index in [0.717, 1.165) is 19.3 Å². The Morgan fingerprint density at radius 3 is 2.42 bits per heavy atom. The molecule has 0 spiro atoms. The molecule has 1 rings (SSSR count). The molecule has 0 aliphatic carbocycles. The average molecular weight is 263 g/mol. The second-order valence-electron chi connectivity index (χ2n) is 5.13. The number of aromatic nitrogens is 1. The highest BCUT2D eigenvalue weighted by atomic mass is 16.2. The van der Waals surface area contributed by atoms with Gasteiger partial charge in [-0.15, -0.1) is 0 Å². The lowest BCUT2D eigenvalue weighted by atomic mass is 9.81. The maximum absolute atomic E-state index is 12.4. The third kappa shape index (κ3) is 4.03. The summed E-state index contributed by atoms with van der Waals surface area (Å²) in [5.74, 6) is 0.0709. The first-order chi connectivity index (χ1) is 9.07. The number of carbonyl (C=O) groups is 1. The molecule has 1 heterocycles. The summed E-state index contributed by atoms with van der Waals surface area (Å²) in [5, 5.41) is 3.08. The fourth-order valence-electron chi connectivity index (χ4n) is 2.25. The van der Waals surface area contributed by atoms with Gasteiger partial charge >= 0.3 is 0 Å². The smallest absolute Gasteiger partial charge is 0.227 e.